The summed E-state index contributed by atoms with van der Waals surface area (Å²) in [7, 11) is 0. The number of carboxylic acid groups (broad SMARTS) is 1. The molecule has 2 rings (SSSR count). The number of anilines is 2. The zero-order valence-corrected chi connectivity index (χ0v) is 9.99. The van der Waals surface area contributed by atoms with E-state index in [1.807, 2.05) is 6.07 Å². The summed E-state index contributed by atoms with van der Waals surface area (Å²) in [4.78, 5) is 11.0. The number of rotatable bonds is 4. The van der Waals surface area contributed by atoms with E-state index < -0.39 is 5.97 Å². The molecule has 1 fully saturated rings. The van der Waals surface area contributed by atoms with Gasteiger partial charge in [0.15, 0.2) is 0 Å². The number of carboxylic acids is 1. The molecule has 1 aliphatic carbocycles. The van der Waals surface area contributed by atoms with Crippen molar-refractivity contribution in [3.63, 3.8) is 0 Å². The number of benzene rings is 1. The molecule has 0 bridgehead atoms. The number of hydrogen-bond acceptors (Lipinski definition) is 3. The van der Waals surface area contributed by atoms with Crippen LogP contribution in [0.25, 0.3) is 0 Å². The molecule has 0 saturated heterocycles. The van der Waals surface area contributed by atoms with E-state index in [0.29, 0.717) is 5.69 Å². The quantitative estimate of drug-likeness (QED) is 0.700. The Hall–Kier alpha value is -1.71. The average Bonchev–Trinajstić information content (AvgIpc) is 2.25. The third kappa shape index (κ3) is 2.07. The largest absolute Gasteiger partial charge is 0.478 e. The fourth-order valence-corrected chi connectivity index (χ4v) is 2.32. The molecule has 1 saturated carbocycles. The van der Waals surface area contributed by atoms with Crippen molar-refractivity contribution in [3.8, 4) is 0 Å². The van der Waals surface area contributed by atoms with Gasteiger partial charge in [0.25, 0.3) is 0 Å². The second-order valence-corrected chi connectivity index (χ2v) is 4.68. The molecule has 4 N–H and O–H groups in total. The zero-order chi connectivity index (χ0) is 12.5. The first-order valence-corrected chi connectivity index (χ1v) is 5.98. The standard InChI is InChI=1S/C13H18N2O2/c1-2-13(7-4-8-13)15-10-6-3-5-9(11(10)14)12(16)17/h3,5-6,15H,2,4,7-8,14H2,1H3,(H,16,17). The van der Waals surface area contributed by atoms with Crippen molar-refractivity contribution in [2.75, 3.05) is 11.1 Å². The predicted molar refractivity (Wildman–Crippen MR) is 68.3 cm³/mol. The van der Waals surface area contributed by atoms with Crippen molar-refractivity contribution < 1.29 is 9.90 Å². The van der Waals surface area contributed by atoms with Crippen molar-refractivity contribution in [1.29, 1.82) is 0 Å². The lowest BCUT2D eigenvalue weighted by atomic mass is 9.74. The van der Waals surface area contributed by atoms with Gasteiger partial charge in [0.2, 0.25) is 0 Å². The number of nitrogen functional groups attached to an aromatic ring is 1. The maximum Gasteiger partial charge on any atom is 0.337 e. The molecule has 1 aromatic carbocycles. The highest BCUT2D eigenvalue weighted by Crippen LogP contribution is 2.39. The van der Waals surface area contributed by atoms with E-state index >= 15 is 0 Å². The van der Waals surface area contributed by atoms with Gasteiger partial charge in [-0.05, 0) is 37.8 Å². The normalized spacial score (nSPS) is 17.2. The number of aromatic carboxylic acids is 1. The molecule has 0 radical (unpaired) electrons. The van der Waals surface area contributed by atoms with E-state index in [0.717, 1.165) is 24.9 Å². The molecule has 1 aliphatic rings. The minimum atomic E-state index is -0.981. The summed E-state index contributed by atoms with van der Waals surface area (Å²) in [5, 5.41) is 12.4. The Morgan fingerprint density at radius 2 is 2.24 bits per heavy atom. The number of carbonyl (C=O) groups is 1. The fourth-order valence-electron chi connectivity index (χ4n) is 2.32. The van der Waals surface area contributed by atoms with Gasteiger partial charge in [-0.2, -0.15) is 0 Å². The van der Waals surface area contributed by atoms with Crippen molar-refractivity contribution >= 4 is 17.3 Å². The molecule has 0 unspecified atom stereocenters. The molecule has 0 aromatic heterocycles. The van der Waals surface area contributed by atoms with Crippen LogP contribution >= 0.6 is 0 Å². The Balaban J connectivity index is 2.27. The summed E-state index contributed by atoms with van der Waals surface area (Å²) in [6.07, 6.45) is 4.50. The van der Waals surface area contributed by atoms with Crippen LogP contribution in [0.1, 0.15) is 43.0 Å². The van der Waals surface area contributed by atoms with Crippen LogP contribution in [0.3, 0.4) is 0 Å². The number of nitrogens with one attached hydrogen (secondary N) is 1. The first-order chi connectivity index (χ1) is 8.08. The topological polar surface area (TPSA) is 75.3 Å². The monoisotopic (exact) mass is 234 g/mol. The van der Waals surface area contributed by atoms with E-state index in [1.54, 1.807) is 6.07 Å². The molecule has 4 heteroatoms. The molecular weight excluding hydrogens is 216 g/mol. The molecule has 17 heavy (non-hydrogen) atoms. The summed E-state index contributed by atoms with van der Waals surface area (Å²) in [6, 6.07) is 5.10. The van der Waals surface area contributed by atoms with Crippen molar-refractivity contribution in [3.05, 3.63) is 23.8 Å². The van der Waals surface area contributed by atoms with Gasteiger partial charge in [-0.3, -0.25) is 0 Å². The van der Waals surface area contributed by atoms with Crippen LogP contribution in [0.15, 0.2) is 18.2 Å². The van der Waals surface area contributed by atoms with Crippen LogP contribution in [-0.2, 0) is 0 Å². The maximum absolute atomic E-state index is 11.0. The second-order valence-electron chi connectivity index (χ2n) is 4.68. The van der Waals surface area contributed by atoms with Crippen LogP contribution < -0.4 is 11.1 Å². The summed E-state index contributed by atoms with van der Waals surface area (Å²) < 4.78 is 0. The van der Waals surface area contributed by atoms with Gasteiger partial charge in [0.1, 0.15) is 0 Å². The van der Waals surface area contributed by atoms with Crippen LogP contribution in [0, 0.1) is 0 Å². The Labute approximate surface area is 101 Å². The Bertz CT molecular complexity index is 434. The lowest BCUT2D eigenvalue weighted by Gasteiger charge is -2.43. The summed E-state index contributed by atoms with van der Waals surface area (Å²) in [5.74, 6) is -0.981. The Kier molecular flexibility index (Phi) is 2.96. The third-order valence-electron chi connectivity index (χ3n) is 3.72. The molecule has 0 heterocycles. The van der Waals surface area contributed by atoms with Crippen molar-refractivity contribution in [2.24, 2.45) is 0 Å². The van der Waals surface area contributed by atoms with Crippen molar-refractivity contribution in [2.45, 2.75) is 38.1 Å². The number of nitrogens with two attached hydrogens (primary N) is 1. The lowest BCUT2D eigenvalue weighted by Crippen LogP contribution is -2.44. The number of para-hydroxylation sites is 1. The third-order valence-corrected chi connectivity index (χ3v) is 3.72. The molecule has 4 nitrogen and oxygen atoms in total. The van der Waals surface area contributed by atoms with E-state index in [9.17, 15) is 4.79 Å². The highest BCUT2D eigenvalue weighted by atomic mass is 16.4. The molecule has 92 valence electrons. The van der Waals surface area contributed by atoms with Gasteiger partial charge in [0, 0.05) is 5.54 Å². The first kappa shape index (κ1) is 11.8. The molecule has 0 amide bonds. The molecule has 0 atom stereocenters. The molecule has 0 aliphatic heterocycles. The minimum absolute atomic E-state index is 0.116. The highest BCUT2D eigenvalue weighted by molar-refractivity contribution is 5.97. The van der Waals surface area contributed by atoms with Gasteiger partial charge in [-0.15, -0.1) is 0 Å². The first-order valence-electron chi connectivity index (χ1n) is 5.98. The van der Waals surface area contributed by atoms with Crippen LogP contribution in [0.4, 0.5) is 11.4 Å². The maximum atomic E-state index is 11.0. The molecule has 1 aromatic rings. The van der Waals surface area contributed by atoms with E-state index in [1.165, 1.54) is 12.5 Å². The van der Waals surface area contributed by atoms with E-state index in [2.05, 4.69) is 12.2 Å². The highest BCUT2D eigenvalue weighted by Gasteiger charge is 2.35. The summed E-state index contributed by atoms with van der Waals surface area (Å²) in [6.45, 7) is 2.14. The van der Waals surface area contributed by atoms with Gasteiger partial charge in [-0.25, -0.2) is 4.79 Å². The lowest BCUT2D eigenvalue weighted by molar-refractivity contribution is 0.0698. The summed E-state index contributed by atoms with van der Waals surface area (Å²) >= 11 is 0. The van der Waals surface area contributed by atoms with E-state index in [4.69, 9.17) is 10.8 Å². The van der Waals surface area contributed by atoms with E-state index in [-0.39, 0.29) is 11.1 Å². The smallest absolute Gasteiger partial charge is 0.337 e. The second kappa shape index (κ2) is 4.28. The average molecular weight is 234 g/mol. The van der Waals surface area contributed by atoms with Gasteiger partial charge >= 0.3 is 5.97 Å². The minimum Gasteiger partial charge on any atom is -0.478 e. The molecular formula is C13H18N2O2. The Morgan fingerprint density at radius 1 is 1.53 bits per heavy atom. The Morgan fingerprint density at radius 3 is 2.71 bits per heavy atom. The van der Waals surface area contributed by atoms with Crippen LogP contribution in [0.2, 0.25) is 0 Å². The van der Waals surface area contributed by atoms with Crippen LogP contribution in [-0.4, -0.2) is 16.6 Å². The van der Waals surface area contributed by atoms with Crippen molar-refractivity contribution in [1.82, 2.24) is 0 Å². The SMILES string of the molecule is CCC1(Nc2cccc(C(=O)O)c2N)CCC1. The summed E-state index contributed by atoms with van der Waals surface area (Å²) in [5.41, 5.74) is 7.24. The predicted octanol–water partition coefficient (Wildman–Crippen LogP) is 2.71. The zero-order valence-electron chi connectivity index (χ0n) is 9.99. The van der Waals surface area contributed by atoms with Gasteiger partial charge in [-0.1, -0.05) is 13.0 Å². The van der Waals surface area contributed by atoms with Crippen LogP contribution in [0.5, 0.6) is 0 Å². The van der Waals surface area contributed by atoms with Gasteiger partial charge < -0.3 is 16.2 Å². The van der Waals surface area contributed by atoms with Gasteiger partial charge in [0.05, 0.1) is 16.9 Å². The molecule has 0 spiro atoms. The fraction of sp³-hybridized carbons (Fsp3) is 0.462. The number of hydrogen-bond donors (Lipinski definition) is 3.